The zero-order valence-corrected chi connectivity index (χ0v) is 8.14. The van der Waals surface area contributed by atoms with Crippen molar-refractivity contribution in [2.75, 3.05) is 0 Å². The van der Waals surface area contributed by atoms with E-state index in [-0.39, 0.29) is 0 Å². The summed E-state index contributed by atoms with van der Waals surface area (Å²) in [6.07, 6.45) is 0. The molecule has 1 heteroatoms. The molecule has 0 atom stereocenters. The predicted octanol–water partition coefficient (Wildman–Crippen LogP) is 3.65. The SMILES string of the molecule is Oc1ccc2cccc-2c2ccccc12. The molecule has 15 heavy (non-hydrogen) atoms. The molecule has 72 valence electrons. The van der Waals surface area contributed by atoms with Gasteiger partial charge in [0.2, 0.25) is 0 Å². The first kappa shape index (κ1) is 8.30. The van der Waals surface area contributed by atoms with Crippen LogP contribution in [-0.2, 0) is 0 Å². The maximum absolute atomic E-state index is 9.86. The standard InChI is InChI=1S/C14H10O/c15-14-9-8-10-4-3-7-11(10)12-5-1-2-6-13(12)14/h1-9,15H. The van der Waals surface area contributed by atoms with E-state index in [2.05, 4.69) is 12.1 Å². The van der Waals surface area contributed by atoms with Crippen LogP contribution in [0.15, 0.2) is 54.6 Å². The summed E-state index contributed by atoms with van der Waals surface area (Å²) in [6.45, 7) is 0. The monoisotopic (exact) mass is 194 g/mol. The Labute approximate surface area is 87.9 Å². The van der Waals surface area contributed by atoms with Crippen LogP contribution < -0.4 is 0 Å². The molecular formula is C14H10O. The smallest absolute Gasteiger partial charge is 0.123 e. The molecule has 0 radical (unpaired) electrons. The fourth-order valence-electron chi connectivity index (χ4n) is 2.02. The topological polar surface area (TPSA) is 20.2 Å². The Balaban J connectivity index is 2.59. The third-order valence-corrected chi connectivity index (χ3v) is 2.76. The van der Waals surface area contributed by atoms with E-state index in [0.717, 1.165) is 16.3 Å². The zero-order chi connectivity index (χ0) is 10.3. The van der Waals surface area contributed by atoms with Crippen molar-refractivity contribution in [2.45, 2.75) is 0 Å². The van der Waals surface area contributed by atoms with E-state index in [4.69, 9.17) is 0 Å². The lowest BCUT2D eigenvalue weighted by Gasteiger charge is -1.98. The van der Waals surface area contributed by atoms with E-state index in [1.807, 2.05) is 36.4 Å². The van der Waals surface area contributed by atoms with Gasteiger partial charge in [0.25, 0.3) is 0 Å². The van der Waals surface area contributed by atoms with Crippen molar-refractivity contribution in [3.63, 3.8) is 0 Å². The average molecular weight is 194 g/mol. The van der Waals surface area contributed by atoms with Gasteiger partial charge in [0.1, 0.15) is 5.75 Å². The van der Waals surface area contributed by atoms with Crippen LogP contribution in [0.5, 0.6) is 5.75 Å². The maximum atomic E-state index is 9.86. The minimum Gasteiger partial charge on any atom is -0.507 e. The van der Waals surface area contributed by atoms with Crippen molar-refractivity contribution < 1.29 is 5.11 Å². The second kappa shape index (κ2) is 2.99. The summed E-state index contributed by atoms with van der Waals surface area (Å²) < 4.78 is 0. The lowest BCUT2D eigenvalue weighted by molar-refractivity contribution is 0.482. The van der Waals surface area contributed by atoms with Crippen LogP contribution in [0.1, 0.15) is 0 Å². The first-order valence-electron chi connectivity index (χ1n) is 4.96. The molecule has 2 aliphatic carbocycles. The van der Waals surface area contributed by atoms with Crippen LogP contribution in [-0.4, -0.2) is 5.11 Å². The second-order valence-electron chi connectivity index (χ2n) is 3.66. The minimum absolute atomic E-state index is 0.335. The minimum atomic E-state index is 0.335. The number of benzene rings is 1. The summed E-state index contributed by atoms with van der Waals surface area (Å²) in [4.78, 5) is 0. The van der Waals surface area contributed by atoms with Crippen molar-refractivity contribution >= 4 is 10.8 Å². The Morgan fingerprint density at radius 3 is 2.33 bits per heavy atom. The van der Waals surface area contributed by atoms with Crippen LogP contribution in [0, 0.1) is 0 Å². The molecule has 0 amide bonds. The molecule has 2 aliphatic rings. The summed E-state index contributed by atoms with van der Waals surface area (Å²) in [5.74, 6) is 0.335. The first-order chi connectivity index (χ1) is 7.36. The quantitative estimate of drug-likeness (QED) is 0.579. The van der Waals surface area contributed by atoms with Crippen LogP contribution >= 0.6 is 0 Å². The summed E-state index contributed by atoms with van der Waals surface area (Å²) in [5, 5.41) is 11.9. The molecule has 1 aromatic rings. The van der Waals surface area contributed by atoms with Crippen molar-refractivity contribution in [3.05, 3.63) is 54.6 Å². The van der Waals surface area contributed by atoms with E-state index in [1.54, 1.807) is 6.07 Å². The Kier molecular flexibility index (Phi) is 1.65. The van der Waals surface area contributed by atoms with Gasteiger partial charge >= 0.3 is 0 Å². The van der Waals surface area contributed by atoms with Gasteiger partial charge in [-0.15, -0.1) is 0 Å². The molecule has 0 heterocycles. The van der Waals surface area contributed by atoms with Gasteiger partial charge in [-0.1, -0.05) is 48.5 Å². The molecule has 0 unspecified atom stereocenters. The fraction of sp³-hybridized carbons (Fsp3) is 0. The molecule has 0 aromatic heterocycles. The molecule has 0 bridgehead atoms. The second-order valence-corrected chi connectivity index (χ2v) is 3.66. The van der Waals surface area contributed by atoms with E-state index < -0.39 is 0 Å². The largest absolute Gasteiger partial charge is 0.507 e. The summed E-state index contributed by atoms with van der Waals surface area (Å²) >= 11 is 0. The molecular weight excluding hydrogens is 184 g/mol. The molecule has 0 fully saturated rings. The van der Waals surface area contributed by atoms with Gasteiger partial charge in [0, 0.05) is 5.39 Å². The molecule has 3 rings (SSSR count). The Hall–Kier alpha value is -2.02. The number of fused-ring (bicyclic) bond motifs is 3. The Morgan fingerprint density at radius 1 is 0.667 bits per heavy atom. The highest BCUT2D eigenvalue weighted by Gasteiger charge is 2.06. The molecule has 1 N–H and O–H groups in total. The van der Waals surface area contributed by atoms with Gasteiger partial charge in [-0.3, -0.25) is 0 Å². The third kappa shape index (κ3) is 1.17. The Morgan fingerprint density at radius 2 is 1.47 bits per heavy atom. The summed E-state index contributed by atoms with van der Waals surface area (Å²) in [6, 6.07) is 17.8. The van der Waals surface area contributed by atoms with Gasteiger partial charge in [-0.05, 0) is 22.6 Å². The summed E-state index contributed by atoms with van der Waals surface area (Å²) in [7, 11) is 0. The molecule has 0 saturated heterocycles. The fourth-order valence-corrected chi connectivity index (χ4v) is 2.02. The summed E-state index contributed by atoms with van der Waals surface area (Å²) in [5.41, 5.74) is 2.34. The molecule has 1 nitrogen and oxygen atoms in total. The van der Waals surface area contributed by atoms with E-state index in [0.29, 0.717) is 5.75 Å². The number of aromatic hydroxyl groups is 1. The van der Waals surface area contributed by atoms with Gasteiger partial charge in [-0.25, -0.2) is 0 Å². The number of hydrogen-bond donors (Lipinski definition) is 1. The lowest BCUT2D eigenvalue weighted by Crippen LogP contribution is -1.71. The molecule has 1 aromatic carbocycles. The molecule has 0 saturated carbocycles. The highest BCUT2D eigenvalue weighted by molar-refractivity contribution is 5.99. The number of rotatable bonds is 0. The van der Waals surface area contributed by atoms with E-state index in [9.17, 15) is 5.11 Å². The van der Waals surface area contributed by atoms with Crippen molar-refractivity contribution in [1.29, 1.82) is 0 Å². The molecule has 0 spiro atoms. The van der Waals surface area contributed by atoms with Crippen LogP contribution in [0.4, 0.5) is 0 Å². The van der Waals surface area contributed by atoms with Gasteiger partial charge in [-0.2, -0.15) is 0 Å². The van der Waals surface area contributed by atoms with Gasteiger partial charge < -0.3 is 5.11 Å². The van der Waals surface area contributed by atoms with Crippen LogP contribution in [0.2, 0.25) is 0 Å². The first-order valence-corrected chi connectivity index (χ1v) is 4.96. The predicted molar refractivity (Wildman–Crippen MR) is 62.2 cm³/mol. The van der Waals surface area contributed by atoms with E-state index >= 15 is 0 Å². The lowest BCUT2D eigenvalue weighted by atomic mass is 10.1. The van der Waals surface area contributed by atoms with Crippen LogP contribution in [0.25, 0.3) is 21.9 Å². The molecule has 0 aliphatic heterocycles. The highest BCUT2D eigenvalue weighted by atomic mass is 16.3. The van der Waals surface area contributed by atoms with E-state index in [1.165, 1.54) is 5.56 Å². The normalized spacial score (nSPS) is 10.9. The van der Waals surface area contributed by atoms with Gasteiger partial charge in [0.15, 0.2) is 0 Å². The van der Waals surface area contributed by atoms with Crippen LogP contribution in [0.3, 0.4) is 0 Å². The highest BCUT2D eigenvalue weighted by Crippen LogP contribution is 2.34. The van der Waals surface area contributed by atoms with Gasteiger partial charge in [0.05, 0.1) is 0 Å². The maximum Gasteiger partial charge on any atom is 0.123 e. The van der Waals surface area contributed by atoms with Crippen molar-refractivity contribution in [3.8, 4) is 16.9 Å². The third-order valence-electron chi connectivity index (χ3n) is 2.76. The Bertz CT molecular complexity index is 598. The van der Waals surface area contributed by atoms with Crippen molar-refractivity contribution in [2.24, 2.45) is 0 Å². The average Bonchev–Trinajstić information content (AvgIpc) is 2.69. The van der Waals surface area contributed by atoms with Crippen molar-refractivity contribution in [1.82, 2.24) is 0 Å². The zero-order valence-electron chi connectivity index (χ0n) is 8.14. The number of hydrogen-bond acceptors (Lipinski definition) is 1.